The summed E-state index contributed by atoms with van der Waals surface area (Å²) in [6.07, 6.45) is 5.54. The van der Waals surface area contributed by atoms with Crippen molar-refractivity contribution < 1.29 is 14.4 Å². The number of benzene rings is 1. The Labute approximate surface area is 245 Å². The van der Waals surface area contributed by atoms with Gasteiger partial charge < -0.3 is 15.5 Å². The highest BCUT2D eigenvalue weighted by atomic mass is 32.1. The maximum absolute atomic E-state index is 13.9. The van der Waals surface area contributed by atoms with Gasteiger partial charge in [0.15, 0.2) is 5.82 Å². The van der Waals surface area contributed by atoms with Crippen molar-refractivity contribution in [3.05, 3.63) is 57.5 Å². The van der Waals surface area contributed by atoms with Gasteiger partial charge in [0.25, 0.3) is 5.91 Å². The van der Waals surface area contributed by atoms with Gasteiger partial charge >= 0.3 is 0 Å². The normalized spacial score (nSPS) is 20.5. The first kappa shape index (κ1) is 29.0. The van der Waals surface area contributed by atoms with Crippen molar-refractivity contribution >= 4 is 29.1 Å². The molecule has 0 unspecified atom stereocenters. The Balaban J connectivity index is 1.47. The Morgan fingerprint density at radius 3 is 2.59 bits per heavy atom. The lowest BCUT2D eigenvalue weighted by molar-refractivity contribution is -0.129. The third-order valence-corrected chi connectivity index (χ3v) is 8.89. The van der Waals surface area contributed by atoms with Crippen molar-refractivity contribution in [2.75, 3.05) is 13.1 Å². The monoisotopic (exact) mass is 576 g/mol. The number of aryl methyl sites for hydroxylation is 1. The average molecular weight is 577 g/mol. The van der Waals surface area contributed by atoms with Crippen LogP contribution in [-0.2, 0) is 29.0 Å². The van der Waals surface area contributed by atoms with E-state index in [0.717, 1.165) is 29.7 Å². The number of fused-ring (bicyclic) bond motifs is 2. The molecule has 2 aromatic heterocycles. The molecule has 0 fully saturated rings. The molecule has 1 aliphatic heterocycles. The number of aromatic nitrogens is 3. The smallest absolute Gasteiger partial charge is 0.264 e. The molecule has 1 aromatic carbocycles. The van der Waals surface area contributed by atoms with Gasteiger partial charge in [-0.05, 0) is 67.9 Å². The Morgan fingerprint density at radius 1 is 1.02 bits per heavy atom. The highest BCUT2D eigenvalue weighted by Gasteiger charge is 2.28. The standard InChI is InChI=1S/C31H40N6O3S/c1-20(2)18-25-30(39)32-21(3)29-34-28(22-10-5-4-6-11-22)35-37(29)17-16-36(15-9-14-26(38)33-25)31(40)27-24-13-8-7-12-23(24)19-41-27/h4-6,10-11,19-21,25H,7-9,12-18H2,1-3H3,(H,32,39)(H,33,38)/t21-,25-/m1/s1. The molecule has 2 N–H and O–H groups in total. The molecule has 0 bridgehead atoms. The molecule has 9 nitrogen and oxygen atoms in total. The predicted octanol–water partition coefficient (Wildman–Crippen LogP) is 4.53. The van der Waals surface area contributed by atoms with Crippen LogP contribution < -0.4 is 10.6 Å². The summed E-state index contributed by atoms with van der Waals surface area (Å²) in [6, 6.07) is 8.65. The topological polar surface area (TPSA) is 109 Å². The van der Waals surface area contributed by atoms with Gasteiger partial charge in [0.05, 0.1) is 17.5 Å². The second-order valence-corrected chi connectivity index (χ2v) is 12.4. The zero-order valence-electron chi connectivity index (χ0n) is 24.2. The van der Waals surface area contributed by atoms with E-state index >= 15 is 0 Å². The molecule has 3 heterocycles. The minimum absolute atomic E-state index is 0.0228. The van der Waals surface area contributed by atoms with Crippen LogP contribution in [0.25, 0.3) is 11.4 Å². The lowest BCUT2D eigenvalue weighted by Crippen LogP contribution is -2.48. The fourth-order valence-corrected chi connectivity index (χ4v) is 6.83. The van der Waals surface area contributed by atoms with Crippen molar-refractivity contribution in [3.8, 4) is 11.4 Å². The number of thiophene rings is 1. The second kappa shape index (κ2) is 13.0. The highest BCUT2D eigenvalue weighted by Crippen LogP contribution is 2.31. The van der Waals surface area contributed by atoms with Crippen LogP contribution in [0, 0.1) is 5.92 Å². The Kier molecular flexibility index (Phi) is 9.17. The molecule has 2 aliphatic rings. The van der Waals surface area contributed by atoms with Gasteiger partial charge in [-0.3, -0.25) is 14.4 Å². The van der Waals surface area contributed by atoms with Gasteiger partial charge in [-0.1, -0.05) is 44.2 Å². The summed E-state index contributed by atoms with van der Waals surface area (Å²) in [6.45, 7) is 7.25. The van der Waals surface area contributed by atoms with Crippen LogP contribution in [0.2, 0.25) is 0 Å². The van der Waals surface area contributed by atoms with E-state index in [1.165, 1.54) is 17.5 Å². The molecular weight excluding hydrogens is 536 g/mol. The van der Waals surface area contributed by atoms with Crippen LogP contribution in [0.5, 0.6) is 0 Å². The van der Waals surface area contributed by atoms with Crippen LogP contribution in [0.1, 0.15) is 85.5 Å². The zero-order chi connectivity index (χ0) is 28.9. The van der Waals surface area contributed by atoms with E-state index in [1.807, 2.05) is 60.7 Å². The van der Waals surface area contributed by atoms with Crippen molar-refractivity contribution in [2.24, 2.45) is 5.92 Å². The third kappa shape index (κ3) is 6.86. The van der Waals surface area contributed by atoms with E-state index in [9.17, 15) is 14.4 Å². The number of rotatable bonds is 4. The lowest BCUT2D eigenvalue weighted by Gasteiger charge is -2.26. The Hall–Kier alpha value is -3.53. The molecule has 2 atom stereocenters. The maximum Gasteiger partial charge on any atom is 0.264 e. The van der Waals surface area contributed by atoms with E-state index in [4.69, 9.17) is 10.1 Å². The van der Waals surface area contributed by atoms with Gasteiger partial charge in [0.1, 0.15) is 11.9 Å². The minimum atomic E-state index is -0.645. The van der Waals surface area contributed by atoms with E-state index in [2.05, 4.69) is 16.0 Å². The molecule has 5 rings (SSSR count). The molecule has 3 amide bonds. The number of hydrogen-bond donors (Lipinski definition) is 2. The van der Waals surface area contributed by atoms with Crippen LogP contribution in [0.15, 0.2) is 35.7 Å². The van der Waals surface area contributed by atoms with Crippen molar-refractivity contribution in [2.45, 2.75) is 84.3 Å². The minimum Gasteiger partial charge on any atom is -0.345 e. The van der Waals surface area contributed by atoms with E-state index in [0.29, 0.717) is 44.1 Å². The molecule has 0 saturated carbocycles. The van der Waals surface area contributed by atoms with Crippen molar-refractivity contribution in [1.82, 2.24) is 30.3 Å². The maximum atomic E-state index is 13.9. The Morgan fingerprint density at radius 2 is 1.80 bits per heavy atom. The van der Waals surface area contributed by atoms with E-state index in [-0.39, 0.29) is 30.1 Å². The molecule has 218 valence electrons. The van der Waals surface area contributed by atoms with E-state index in [1.54, 1.807) is 11.3 Å². The summed E-state index contributed by atoms with van der Waals surface area (Å²) in [4.78, 5) is 47.7. The van der Waals surface area contributed by atoms with Crippen LogP contribution in [0.3, 0.4) is 0 Å². The summed E-state index contributed by atoms with van der Waals surface area (Å²) < 4.78 is 1.82. The molecule has 3 aromatic rings. The fraction of sp³-hybridized carbons (Fsp3) is 0.516. The summed E-state index contributed by atoms with van der Waals surface area (Å²) in [5.74, 6) is 1.03. The predicted molar refractivity (Wildman–Crippen MR) is 159 cm³/mol. The number of nitrogens with zero attached hydrogens (tertiary/aromatic N) is 4. The van der Waals surface area contributed by atoms with Gasteiger partial charge in [0, 0.05) is 25.1 Å². The Bertz CT molecular complexity index is 1380. The molecule has 0 spiro atoms. The molecule has 1 aliphatic carbocycles. The van der Waals surface area contributed by atoms with Crippen LogP contribution in [0.4, 0.5) is 0 Å². The third-order valence-electron chi connectivity index (χ3n) is 7.84. The van der Waals surface area contributed by atoms with Gasteiger partial charge in [-0.2, -0.15) is 5.10 Å². The second-order valence-electron chi connectivity index (χ2n) is 11.5. The SMILES string of the molecule is CC(C)C[C@H]1NC(=O)CCCN(C(=O)c2scc3c2CCCC3)CCn2nc(-c3ccccc3)nc2[C@@H](C)NC1=O. The lowest BCUT2D eigenvalue weighted by atomic mass is 9.93. The number of hydrogen-bond acceptors (Lipinski definition) is 6. The van der Waals surface area contributed by atoms with Crippen LogP contribution in [-0.4, -0.2) is 56.5 Å². The molecule has 41 heavy (non-hydrogen) atoms. The van der Waals surface area contributed by atoms with Crippen molar-refractivity contribution in [1.29, 1.82) is 0 Å². The van der Waals surface area contributed by atoms with E-state index < -0.39 is 12.1 Å². The van der Waals surface area contributed by atoms with Gasteiger partial charge in [-0.15, -0.1) is 11.3 Å². The van der Waals surface area contributed by atoms with Gasteiger partial charge in [-0.25, -0.2) is 9.67 Å². The summed E-state index contributed by atoms with van der Waals surface area (Å²) in [5, 5.41) is 13.0. The number of amides is 3. The van der Waals surface area contributed by atoms with Crippen LogP contribution >= 0.6 is 11.3 Å². The zero-order valence-corrected chi connectivity index (χ0v) is 25.0. The summed E-state index contributed by atoms with van der Waals surface area (Å²) in [7, 11) is 0. The highest BCUT2D eigenvalue weighted by molar-refractivity contribution is 7.12. The molecular formula is C31H40N6O3S. The first-order valence-electron chi connectivity index (χ1n) is 14.8. The molecule has 10 heteroatoms. The molecule has 0 radical (unpaired) electrons. The summed E-state index contributed by atoms with van der Waals surface area (Å²) >= 11 is 1.54. The summed E-state index contributed by atoms with van der Waals surface area (Å²) in [5.41, 5.74) is 3.38. The fourth-order valence-electron chi connectivity index (χ4n) is 5.70. The van der Waals surface area contributed by atoms with Gasteiger partial charge in [0.2, 0.25) is 11.8 Å². The molecule has 0 saturated heterocycles. The first-order chi connectivity index (χ1) is 19.8. The number of carbonyl (C=O) groups excluding carboxylic acids is 3. The van der Waals surface area contributed by atoms with Crippen molar-refractivity contribution in [3.63, 3.8) is 0 Å². The number of nitrogens with one attached hydrogen (secondary N) is 2. The quantitative estimate of drug-likeness (QED) is 0.474. The first-order valence-corrected chi connectivity index (χ1v) is 15.7. The number of carbonyl (C=O) groups is 3. The largest absolute Gasteiger partial charge is 0.345 e. The average Bonchev–Trinajstić information content (AvgIpc) is 3.59.